The highest BCUT2D eigenvalue weighted by molar-refractivity contribution is 6.37. The Bertz CT molecular complexity index is 1510. The van der Waals surface area contributed by atoms with E-state index in [4.69, 9.17) is 22.3 Å². The second kappa shape index (κ2) is 10.5. The number of rotatable bonds is 6. The molecule has 2 aromatic carbocycles. The number of aryl methyl sites for hydroxylation is 1. The van der Waals surface area contributed by atoms with Crippen LogP contribution in [0.5, 0.6) is 0 Å². The second-order valence-electron chi connectivity index (χ2n) is 9.35. The van der Waals surface area contributed by atoms with Gasteiger partial charge in [-0.3, -0.25) is 4.68 Å². The Balaban J connectivity index is 1.91. The molecular formula is C28H28ClF2N5O. The maximum Gasteiger partial charge on any atom is 0.157 e. The molecule has 0 unspecified atom stereocenters. The summed E-state index contributed by atoms with van der Waals surface area (Å²) in [7, 11) is 1.83. The van der Waals surface area contributed by atoms with Crippen LogP contribution >= 0.6 is 11.6 Å². The summed E-state index contributed by atoms with van der Waals surface area (Å²) in [6.45, 7) is 5.80. The number of benzene rings is 2. The first kappa shape index (κ1) is 26.6. The van der Waals surface area contributed by atoms with Crippen LogP contribution in [0.2, 0.25) is 5.02 Å². The predicted octanol–water partition coefficient (Wildman–Crippen LogP) is 5.36. The van der Waals surface area contributed by atoms with E-state index in [1.54, 1.807) is 30.7 Å². The first-order chi connectivity index (χ1) is 17.5. The summed E-state index contributed by atoms with van der Waals surface area (Å²) in [6.07, 6.45) is 0.141. The molecule has 9 heteroatoms. The van der Waals surface area contributed by atoms with Crippen molar-refractivity contribution < 1.29 is 13.9 Å². The van der Waals surface area contributed by atoms with Gasteiger partial charge in [-0.1, -0.05) is 23.6 Å². The van der Waals surface area contributed by atoms with Crippen molar-refractivity contribution in [2.24, 2.45) is 12.8 Å². The fourth-order valence-electron chi connectivity index (χ4n) is 4.24. The minimum absolute atomic E-state index is 0.141. The number of halogens is 3. The smallest absolute Gasteiger partial charge is 0.157 e. The van der Waals surface area contributed by atoms with E-state index < -0.39 is 23.3 Å². The molecular weight excluding hydrogens is 496 g/mol. The van der Waals surface area contributed by atoms with Gasteiger partial charge < -0.3 is 16.2 Å². The molecule has 0 aliphatic heterocycles. The third kappa shape index (κ3) is 5.91. The van der Waals surface area contributed by atoms with Gasteiger partial charge in [-0.25, -0.2) is 13.8 Å². The van der Waals surface area contributed by atoms with Crippen molar-refractivity contribution in [1.82, 2.24) is 14.8 Å². The minimum atomic E-state index is -1.21. The molecule has 0 saturated heterocycles. The molecule has 4 rings (SSSR count). The molecule has 4 N–H and O–H groups in total. The number of nitrogens with two attached hydrogens (primary N) is 1. The molecule has 0 amide bonds. The predicted molar refractivity (Wildman–Crippen MR) is 143 cm³/mol. The monoisotopic (exact) mass is 523 g/mol. The van der Waals surface area contributed by atoms with Gasteiger partial charge in [-0.2, -0.15) is 5.10 Å². The van der Waals surface area contributed by atoms with Gasteiger partial charge in [0.15, 0.2) is 5.82 Å². The topological polar surface area (TPSA) is 89.0 Å². The molecule has 0 spiro atoms. The van der Waals surface area contributed by atoms with Crippen molar-refractivity contribution in [2.45, 2.75) is 38.8 Å². The Morgan fingerprint density at radius 1 is 1.14 bits per heavy atom. The molecule has 0 saturated carbocycles. The first-order valence-electron chi connectivity index (χ1n) is 11.8. The lowest BCUT2D eigenvalue weighted by molar-refractivity contribution is 0.143. The molecule has 0 bridgehead atoms. The first-order valence-corrected chi connectivity index (χ1v) is 12.2. The van der Waals surface area contributed by atoms with Crippen LogP contribution in [-0.4, -0.2) is 32.0 Å². The number of pyridine rings is 1. The zero-order valence-electron chi connectivity index (χ0n) is 21.0. The summed E-state index contributed by atoms with van der Waals surface area (Å²) in [5, 5.41) is 19.2. The number of aliphatic hydroxyl groups is 1. The Morgan fingerprint density at radius 2 is 1.81 bits per heavy atom. The van der Waals surface area contributed by atoms with E-state index in [0.29, 0.717) is 39.9 Å². The van der Waals surface area contributed by atoms with E-state index in [2.05, 4.69) is 22.3 Å². The third-order valence-corrected chi connectivity index (χ3v) is 6.04. The standard InChI is InChI=1S/C28H28ClF2N5O/c1-5-33-27-24-22(29)9-8-21(26(24)36(4)35-27)20-7-6-19(10-11-28(2,3)37)34-25(20)23(32)14-16-12-17(30)15-18(31)13-16/h6-9,12-13,15,23,37H,5,14,32H2,1-4H3,(H,33,35)/t23-/m0/s1. The molecule has 6 nitrogen and oxygen atoms in total. The van der Waals surface area contributed by atoms with E-state index >= 15 is 0 Å². The molecule has 0 aliphatic carbocycles. The van der Waals surface area contributed by atoms with Gasteiger partial charge in [0, 0.05) is 30.8 Å². The van der Waals surface area contributed by atoms with Crippen LogP contribution in [0.3, 0.4) is 0 Å². The van der Waals surface area contributed by atoms with Crippen LogP contribution < -0.4 is 11.1 Å². The van der Waals surface area contributed by atoms with Gasteiger partial charge in [0.2, 0.25) is 0 Å². The molecule has 0 aliphatic rings. The van der Waals surface area contributed by atoms with Crippen molar-refractivity contribution in [1.29, 1.82) is 0 Å². The average Bonchev–Trinajstić information content (AvgIpc) is 3.14. The quantitative estimate of drug-likeness (QED) is 0.296. The molecule has 37 heavy (non-hydrogen) atoms. The minimum Gasteiger partial charge on any atom is -0.378 e. The van der Waals surface area contributed by atoms with Crippen molar-refractivity contribution >= 4 is 28.3 Å². The lowest BCUT2D eigenvalue weighted by Gasteiger charge is -2.18. The largest absolute Gasteiger partial charge is 0.378 e. The molecule has 0 radical (unpaired) electrons. The average molecular weight is 524 g/mol. The fraction of sp³-hybridized carbons (Fsp3) is 0.286. The molecule has 2 heterocycles. The SMILES string of the molecule is CCNc1nn(C)c2c(-c3ccc(C#CC(C)(C)O)nc3[C@@H](N)Cc3cc(F)cc(F)c3)ccc(Cl)c12. The Labute approximate surface area is 219 Å². The van der Waals surface area contributed by atoms with Gasteiger partial charge in [0.25, 0.3) is 0 Å². The lowest BCUT2D eigenvalue weighted by atomic mass is 9.94. The summed E-state index contributed by atoms with van der Waals surface area (Å²) in [5.41, 5.74) is 9.00. The number of anilines is 1. The number of nitrogens with one attached hydrogen (secondary N) is 1. The van der Waals surface area contributed by atoms with Crippen LogP contribution in [0.4, 0.5) is 14.6 Å². The molecule has 4 aromatic rings. The van der Waals surface area contributed by atoms with Gasteiger partial charge >= 0.3 is 0 Å². The Kier molecular flexibility index (Phi) is 7.51. The van der Waals surface area contributed by atoms with Crippen molar-refractivity contribution in [3.63, 3.8) is 0 Å². The molecule has 2 aromatic heterocycles. The zero-order chi connectivity index (χ0) is 26.9. The summed E-state index contributed by atoms with van der Waals surface area (Å²) < 4.78 is 29.5. The van der Waals surface area contributed by atoms with Crippen LogP contribution in [0.25, 0.3) is 22.0 Å². The number of fused-ring (bicyclic) bond motifs is 1. The van der Waals surface area contributed by atoms with Crippen molar-refractivity contribution in [3.05, 3.63) is 76.1 Å². The number of hydrogen-bond acceptors (Lipinski definition) is 5. The fourth-order valence-corrected chi connectivity index (χ4v) is 4.48. The summed E-state index contributed by atoms with van der Waals surface area (Å²) in [6, 6.07) is 9.88. The van der Waals surface area contributed by atoms with E-state index in [-0.39, 0.29) is 6.42 Å². The molecule has 192 valence electrons. The van der Waals surface area contributed by atoms with Crippen molar-refractivity contribution in [2.75, 3.05) is 11.9 Å². The van der Waals surface area contributed by atoms with Crippen LogP contribution in [0.1, 0.15) is 43.8 Å². The van der Waals surface area contributed by atoms with Crippen molar-refractivity contribution in [3.8, 4) is 23.0 Å². The molecule has 1 atom stereocenters. The molecule has 0 fully saturated rings. The number of aromatic nitrogens is 3. The third-order valence-electron chi connectivity index (χ3n) is 5.72. The van der Waals surface area contributed by atoms with E-state index in [1.165, 1.54) is 12.1 Å². The maximum absolute atomic E-state index is 13.9. The van der Waals surface area contributed by atoms with Gasteiger partial charge in [0.05, 0.1) is 27.7 Å². The van der Waals surface area contributed by atoms with E-state index in [9.17, 15) is 13.9 Å². The van der Waals surface area contributed by atoms with Crippen LogP contribution in [0, 0.1) is 23.5 Å². The number of nitrogens with zero attached hydrogens (tertiary/aromatic N) is 3. The van der Waals surface area contributed by atoms with Gasteiger partial charge in [-0.15, -0.1) is 0 Å². The highest BCUT2D eigenvalue weighted by atomic mass is 35.5. The number of hydrogen-bond donors (Lipinski definition) is 3. The normalized spacial score (nSPS) is 12.4. The van der Waals surface area contributed by atoms with E-state index in [1.807, 2.05) is 26.1 Å². The van der Waals surface area contributed by atoms with E-state index in [0.717, 1.165) is 22.5 Å². The zero-order valence-corrected chi connectivity index (χ0v) is 21.8. The highest BCUT2D eigenvalue weighted by Crippen LogP contribution is 2.39. The van der Waals surface area contributed by atoms with Gasteiger partial charge in [0.1, 0.15) is 22.9 Å². The second-order valence-corrected chi connectivity index (χ2v) is 9.75. The van der Waals surface area contributed by atoms with Crippen LogP contribution in [-0.2, 0) is 13.5 Å². The summed E-state index contributed by atoms with van der Waals surface area (Å²) in [4.78, 5) is 4.72. The lowest BCUT2D eigenvalue weighted by Crippen LogP contribution is -2.17. The Morgan fingerprint density at radius 3 is 2.46 bits per heavy atom. The summed E-state index contributed by atoms with van der Waals surface area (Å²) >= 11 is 6.57. The van der Waals surface area contributed by atoms with Gasteiger partial charge in [-0.05, 0) is 69.0 Å². The summed E-state index contributed by atoms with van der Waals surface area (Å²) in [5.74, 6) is 4.95. The van der Waals surface area contributed by atoms with Crippen LogP contribution in [0.15, 0.2) is 42.5 Å². The maximum atomic E-state index is 13.9. The Hall–Kier alpha value is -3.51. The highest BCUT2D eigenvalue weighted by Gasteiger charge is 2.22.